The van der Waals surface area contributed by atoms with Crippen molar-refractivity contribution in [1.82, 2.24) is 25.1 Å². The minimum Gasteiger partial charge on any atom is -0.368 e. The Kier molecular flexibility index (Phi) is 5.80. The number of guanidine groups is 1. The van der Waals surface area contributed by atoms with Gasteiger partial charge in [-0.2, -0.15) is 0 Å². The number of nitrogens with one attached hydrogen (secondary N) is 1. The molecule has 1 aromatic rings. The van der Waals surface area contributed by atoms with Gasteiger partial charge in [0.25, 0.3) is 5.91 Å². The van der Waals surface area contributed by atoms with Crippen LogP contribution in [-0.2, 0) is 16.1 Å². The molecule has 1 N–H and O–H groups in total. The van der Waals surface area contributed by atoms with E-state index < -0.39 is 0 Å². The first-order chi connectivity index (χ1) is 12.2. The van der Waals surface area contributed by atoms with Gasteiger partial charge in [-0.05, 0) is 25.8 Å². The van der Waals surface area contributed by atoms with E-state index in [4.69, 9.17) is 4.74 Å². The second kappa shape index (κ2) is 8.24. The fraction of sp³-hybridized carbons (Fsp3) is 0.647. The summed E-state index contributed by atoms with van der Waals surface area (Å²) in [4.78, 5) is 29.3. The van der Waals surface area contributed by atoms with Gasteiger partial charge in [-0.25, -0.2) is 9.97 Å². The van der Waals surface area contributed by atoms with Crippen LogP contribution in [0.15, 0.2) is 17.3 Å². The van der Waals surface area contributed by atoms with Gasteiger partial charge in [-0.1, -0.05) is 0 Å². The number of carbonyl (C=O) groups excluding carboxylic acids is 1. The highest BCUT2D eigenvalue weighted by molar-refractivity contribution is 5.82. The van der Waals surface area contributed by atoms with Gasteiger partial charge in [0.2, 0.25) is 0 Å². The lowest BCUT2D eigenvalue weighted by Gasteiger charge is -2.37. The van der Waals surface area contributed by atoms with E-state index in [0.29, 0.717) is 26.2 Å². The summed E-state index contributed by atoms with van der Waals surface area (Å²) >= 11 is 0. The largest absolute Gasteiger partial charge is 0.368 e. The van der Waals surface area contributed by atoms with Gasteiger partial charge < -0.3 is 19.9 Å². The zero-order chi connectivity index (χ0) is 17.6. The Labute approximate surface area is 148 Å². The third-order valence-corrected chi connectivity index (χ3v) is 4.57. The van der Waals surface area contributed by atoms with E-state index in [-0.39, 0.29) is 12.0 Å². The van der Waals surface area contributed by atoms with Gasteiger partial charge in [0.05, 0.1) is 12.2 Å². The summed E-state index contributed by atoms with van der Waals surface area (Å²) in [6.45, 7) is 6.11. The topological polar surface area (TPSA) is 83.0 Å². The van der Waals surface area contributed by atoms with Crippen molar-refractivity contribution in [3.05, 3.63) is 23.8 Å². The van der Waals surface area contributed by atoms with Gasteiger partial charge in [-0.15, -0.1) is 0 Å². The fourth-order valence-electron chi connectivity index (χ4n) is 3.22. The quantitative estimate of drug-likeness (QED) is 0.621. The second-order valence-electron chi connectivity index (χ2n) is 6.31. The summed E-state index contributed by atoms with van der Waals surface area (Å²) < 4.78 is 5.51. The lowest BCUT2D eigenvalue weighted by molar-refractivity contribution is -0.142. The molecule has 136 valence electrons. The number of amides is 1. The van der Waals surface area contributed by atoms with Crippen molar-refractivity contribution in [2.75, 3.05) is 39.8 Å². The van der Waals surface area contributed by atoms with E-state index >= 15 is 0 Å². The average Bonchev–Trinajstić information content (AvgIpc) is 3.17. The first-order valence-electron chi connectivity index (χ1n) is 8.82. The van der Waals surface area contributed by atoms with Crippen molar-refractivity contribution in [3.8, 4) is 0 Å². The van der Waals surface area contributed by atoms with Crippen LogP contribution in [0.3, 0.4) is 0 Å². The molecule has 0 radical (unpaired) electrons. The molecule has 2 saturated heterocycles. The summed E-state index contributed by atoms with van der Waals surface area (Å²) in [6, 6.07) is 1.89. The molecule has 0 saturated carbocycles. The number of rotatable bonds is 3. The molecule has 0 bridgehead atoms. The van der Waals surface area contributed by atoms with Crippen molar-refractivity contribution >= 4 is 11.9 Å². The number of piperazine rings is 1. The van der Waals surface area contributed by atoms with Crippen LogP contribution in [0.5, 0.6) is 0 Å². The summed E-state index contributed by atoms with van der Waals surface area (Å²) in [5.74, 6) is 1.73. The van der Waals surface area contributed by atoms with E-state index in [1.54, 1.807) is 13.2 Å². The van der Waals surface area contributed by atoms with Crippen LogP contribution < -0.4 is 5.32 Å². The fourth-order valence-corrected chi connectivity index (χ4v) is 3.22. The molecule has 2 aliphatic rings. The summed E-state index contributed by atoms with van der Waals surface area (Å²) in [5, 5.41) is 3.34. The van der Waals surface area contributed by atoms with Crippen LogP contribution in [0.2, 0.25) is 0 Å². The number of nitrogens with zero attached hydrogens (tertiary/aromatic N) is 5. The minimum absolute atomic E-state index is 0.136. The van der Waals surface area contributed by atoms with Gasteiger partial charge >= 0.3 is 0 Å². The molecule has 2 aliphatic heterocycles. The number of aryl methyl sites for hydroxylation is 1. The third kappa shape index (κ3) is 4.45. The van der Waals surface area contributed by atoms with E-state index in [9.17, 15) is 4.79 Å². The monoisotopic (exact) mass is 346 g/mol. The predicted molar refractivity (Wildman–Crippen MR) is 94.1 cm³/mol. The Morgan fingerprint density at radius 1 is 1.36 bits per heavy atom. The van der Waals surface area contributed by atoms with Crippen LogP contribution >= 0.6 is 0 Å². The molecule has 8 heteroatoms. The number of aliphatic imine (C=N–C) groups is 1. The van der Waals surface area contributed by atoms with Crippen LogP contribution in [-0.4, -0.2) is 77.6 Å². The highest BCUT2D eigenvalue weighted by atomic mass is 16.5. The molecule has 1 aromatic heterocycles. The van der Waals surface area contributed by atoms with Gasteiger partial charge in [0, 0.05) is 46.0 Å². The van der Waals surface area contributed by atoms with Gasteiger partial charge in [0.1, 0.15) is 11.9 Å². The molecule has 1 amide bonds. The number of hydrogen-bond acceptors (Lipinski definition) is 5. The van der Waals surface area contributed by atoms with Crippen molar-refractivity contribution in [2.45, 2.75) is 32.4 Å². The highest BCUT2D eigenvalue weighted by Gasteiger charge is 2.30. The number of carbonyl (C=O) groups is 1. The lowest BCUT2D eigenvalue weighted by atomic mass is 10.2. The minimum atomic E-state index is -0.231. The van der Waals surface area contributed by atoms with Crippen LogP contribution in [0, 0.1) is 6.92 Å². The lowest BCUT2D eigenvalue weighted by Crippen LogP contribution is -2.55. The first-order valence-corrected chi connectivity index (χ1v) is 8.82. The number of ether oxygens (including phenoxy) is 1. The van der Waals surface area contributed by atoms with Crippen LogP contribution in [0.25, 0.3) is 0 Å². The predicted octanol–water partition coefficient (Wildman–Crippen LogP) is 0.184. The van der Waals surface area contributed by atoms with E-state index in [0.717, 1.165) is 43.4 Å². The van der Waals surface area contributed by atoms with Crippen molar-refractivity contribution in [3.63, 3.8) is 0 Å². The Morgan fingerprint density at radius 3 is 2.76 bits per heavy atom. The average molecular weight is 346 g/mol. The summed E-state index contributed by atoms with van der Waals surface area (Å²) in [7, 11) is 1.78. The molecule has 25 heavy (non-hydrogen) atoms. The SMILES string of the molecule is CN=C(NCc1ccnc(C)n1)N1CCN(C(=O)C2CCCO2)CC1. The van der Waals surface area contributed by atoms with E-state index in [2.05, 4.69) is 25.2 Å². The Morgan fingerprint density at radius 2 is 2.12 bits per heavy atom. The third-order valence-electron chi connectivity index (χ3n) is 4.57. The molecule has 0 aromatic carbocycles. The zero-order valence-corrected chi connectivity index (χ0v) is 14.9. The Hall–Kier alpha value is -2.22. The van der Waals surface area contributed by atoms with Crippen LogP contribution in [0.4, 0.5) is 0 Å². The maximum Gasteiger partial charge on any atom is 0.251 e. The zero-order valence-electron chi connectivity index (χ0n) is 14.9. The van der Waals surface area contributed by atoms with E-state index in [1.807, 2.05) is 17.9 Å². The summed E-state index contributed by atoms with van der Waals surface area (Å²) in [5.41, 5.74) is 0.931. The molecular weight excluding hydrogens is 320 g/mol. The number of aromatic nitrogens is 2. The Balaban J connectivity index is 1.49. The van der Waals surface area contributed by atoms with Gasteiger partial charge in [0.15, 0.2) is 5.96 Å². The highest BCUT2D eigenvalue weighted by Crippen LogP contribution is 2.16. The van der Waals surface area contributed by atoms with Crippen LogP contribution in [0.1, 0.15) is 24.4 Å². The molecule has 1 unspecified atom stereocenters. The molecule has 8 nitrogen and oxygen atoms in total. The molecule has 3 rings (SSSR count). The van der Waals surface area contributed by atoms with Crippen molar-refractivity contribution in [1.29, 1.82) is 0 Å². The molecule has 3 heterocycles. The smallest absolute Gasteiger partial charge is 0.251 e. The second-order valence-corrected chi connectivity index (χ2v) is 6.31. The van der Waals surface area contributed by atoms with E-state index in [1.165, 1.54) is 0 Å². The summed E-state index contributed by atoms with van der Waals surface area (Å²) in [6.07, 6.45) is 3.36. The van der Waals surface area contributed by atoms with Crippen molar-refractivity contribution in [2.24, 2.45) is 4.99 Å². The maximum atomic E-state index is 12.4. The Bertz CT molecular complexity index is 621. The molecule has 0 aliphatic carbocycles. The maximum absolute atomic E-state index is 12.4. The molecule has 1 atom stereocenters. The molecule has 2 fully saturated rings. The van der Waals surface area contributed by atoms with Crippen molar-refractivity contribution < 1.29 is 9.53 Å². The molecular formula is C17H26N6O2. The molecule has 0 spiro atoms. The standard InChI is InChI=1S/C17H26N6O2/c1-13-19-6-5-14(21-13)12-20-17(18-2)23-9-7-22(8-10-23)16(24)15-4-3-11-25-15/h5-6,15H,3-4,7-12H2,1-2H3,(H,18,20). The van der Waals surface area contributed by atoms with Gasteiger partial charge in [-0.3, -0.25) is 9.79 Å². The normalized spacial score (nSPS) is 21.5. The first kappa shape index (κ1) is 17.6. The number of hydrogen-bond donors (Lipinski definition) is 1.